The summed E-state index contributed by atoms with van der Waals surface area (Å²) in [6.45, 7) is 3.76. The standard InChI is InChI=1S/C23H31NO4/c1-26-22-10-5-9-20(13-22)14-24(16-23-11-6-12-28-23)15-21(25)18-27-17-19-7-3-2-4-8-19/h2-5,7-10,13,21,23,25H,6,11-12,14-18H2,1H3/t21-,23+/m1/s1. The van der Waals surface area contributed by atoms with Gasteiger partial charge in [-0.25, -0.2) is 0 Å². The number of ether oxygens (including phenoxy) is 3. The van der Waals surface area contributed by atoms with Crippen molar-refractivity contribution in [3.63, 3.8) is 0 Å². The second kappa shape index (κ2) is 11.2. The van der Waals surface area contributed by atoms with Crippen LogP contribution in [0.15, 0.2) is 54.6 Å². The molecule has 2 aromatic rings. The van der Waals surface area contributed by atoms with Crippen molar-refractivity contribution in [2.24, 2.45) is 0 Å². The Balaban J connectivity index is 1.52. The highest BCUT2D eigenvalue weighted by molar-refractivity contribution is 5.28. The van der Waals surface area contributed by atoms with Crippen LogP contribution in [0.3, 0.4) is 0 Å². The van der Waals surface area contributed by atoms with Gasteiger partial charge in [0.05, 0.1) is 32.5 Å². The topological polar surface area (TPSA) is 51.2 Å². The van der Waals surface area contributed by atoms with Gasteiger partial charge in [-0.05, 0) is 36.1 Å². The molecule has 0 amide bonds. The smallest absolute Gasteiger partial charge is 0.119 e. The van der Waals surface area contributed by atoms with Crippen LogP contribution in [0.4, 0.5) is 0 Å². The molecular weight excluding hydrogens is 354 g/mol. The number of hydrogen-bond donors (Lipinski definition) is 1. The fraction of sp³-hybridized carbons (Fsp3) is 0.478. The molecule has 1 aliphatic rings. The molecule has 2 aromatic carbocycles. The molecule has 0 bridgehead atoms. The zero-order chi connectivity index (χ0) is 19.6. The van der Waals surface area contributed by atoms with E-state index >= 15 is 0 Å². The molecule has 1 aliphatic heterocycles. The SMILES string of the molecule is COc1cccc(CN(C[C@@H](O)COCc2ccccc2)C[C@@H]2CCCO2)c1. The van der Waals surface area contributed by atoms with Gasteiger partial charge in [-0.3, -0.25) is 4.90 Å². The predicted molar refractivity (Wildman–Crippen MR) is 109 cm³/mol. The zero-order valence-corrected chi connectivity index (χ0v) is 16.6. The summed E-state index contributed by atoms with van der Waals surface area (Å²) in [4.78, 5) is 2.25. The molecule has 1 heterocycles. The van der Waals surface area contributed by atoms with E-state index in [9.17, 15) is 5.11 Å². The van der Waals surface area contributed by atoms with E-state index in [1.165, 1.54) is 0 Å². The van der Waals surface area contributed by atoms with E-state index < -0.39 is 6.10 Å². The highest BCUT2D eigenvalue weighted by Crippen LogP contribution is 2.18. The van der Waals surface area contributed by atoms with Crippen molar-refractivity contribution in [3.8, 4) is 5.75 Å². The first-order valence-electron chi connectivity index (χ1n) is 9.99. The lowest BCUT2D eigenvalue weighted by Gasteiger charge is -2.27. The average molecular weight is 386 g/mol. The summed E-state index contributed by atoms with van der Waals surface area (Å²) in [5.74, 6) is 0.848. The lowest BCUT2D eigenvalue weighted by atomic mass is 10.1. The first-order chi connectivity index (χ1) is 13.7. The quantitative estimate of drug-likeness (QED) is 0.643. The van der Waals surface area contributed by atoms with Gasteiger partial charge in [0.15, 0.2) is 0 Å². The molecule has 1 saturated heterocycles. The van der Waals surface area contributed by atoms with Gasteiger partial charge in [-0.1, -0.05) is 42.5 Å². The molecule has 28 heavy (non-hydrogen) atoms. The minimum Gasteiger partial charge on any atom is -0.497 e. The number of benzene rings is 2. The van der Waals surface area contributed by atoms with Crippen molar-refractivity contribution in [3.05, 3.63) is 65.7 Å². The minimum absolute atomic E-state index is 0.239. The molecule has 3 rings (SSSR count). The Morgan fingerprint density at radius 1 is 1.14 bits per heavy atom. The van der Waals surface area contributed by atoms with Crippen molar-refractivity contribution in [1.29, 1.82) is 0 Å². The summed E-state index contributed by atoms with van der Waals surface area (Å²) in [5.41, 5.74) is 2.28. The van der Waals surface area contributed by atoms with Gasteiger partial charge in [0.1, 0.15) is 5.75 Å². The largest absolute Gasteiger partial charge is 0.497 e. The number of methoxy groups -OCH3 is 1. The highest BCUT2D eigenvalue weighted by Gasteiger charge is 2.21. The van der Waals surface area contributed by atoms with Gasteiger partial charge < -0.3 is 19.3 Å². The Morgan fingerprint density at radius 3 is 2.71 bits per heavy atom. The van der Waals surface area contributed by atoms with Crippen LogP contribution in [0.25, 0.3) is 0 Å². The zero-order valence-electron chi connectivity index (χ0n) is 16.6. The molecular formula is C23H31NO4. The highest BCUT2D eigenvalue weighted by atomic mass is 16.5. The van der Waals surface area contributed by atoms with E-state index in [0.29, 0.717) is 19.8 Å². The van der Waals surface area contributed by atoms with Crippen LogP contribution in [0, 0.1) is 0 Å². The number of aliphatic hydroxyl groups excluding tert-OH is 1. The Morgan fingerprint density at radius 2 is 1.96 bits per heavy atom. The fourth-order valence-corrected chi connectivity index (χ4v) is 3.55. The van der Waals surface area contributed by atoms with Crippen LogP contribution in [0.2, 0.25) is 0 Å². The molecule has 0 spiro atoms. The summed E-state index contributed by atoms with van der Waals surface area (Å²) in [7, 11) is 1.68. The second-order valence-corrected chi connectivity index (χ2v) is 7.34. The molecule has 2 atom stereocenters. The van der Waals surface area contributed by atoms with Crippen LogP contribution in [-0.2, 0) is 22.6 Å². The van der Waals surface area contributed by atoms with E-state index in [4.69, 9.17) is 14.2 Å². The maximum atomic E-state index is 10.5. The minimum atomic E-state index is -0.546. The maximum absolute atomic E-state index is 10.5. The van der Waals surface area contributed by atoms with Gasteiger partial charge in [-0.2, -0.15) is 0 Å². The third-order valence-corrected chi connectivity index (χ3v) is 4.92. The molecule has 5 heteroatoms. The lowest BCUT2D eigenvalue weighted by Crippen LogP contribution is -2.39. The number of aliphatic hydroxyl groups is 1. The van der Waals surface area contributed by atoms with Gasteiger partial charge in [-0.15, -0.1) is 0 Å². The Labute approximate surface area is 167 Å². The molecule has 1 fully saturated rings. The summed E-state index contributed by atoms with van der Waals surface area (Å²) in [5, 5.41) is 10.5. The third kappa shape index (κ3) is 6.91. The maximum Gasteiger partial charge on any atom is 0.119 e. The van der Waals surface area contributed by atoms with Crippen LogP contribution in [0.5, 0.6) is 5.75 Å². The lowest BCUT2D eigenvalue weighted by molar-refractivity contribution is -0.00288. The molecule has 0 aliphatic carbocycles. The van der Waals surface area contributed by atoms with Crippen LogP contribution >= 0.6 is 0 Å². The van der Waals surface area contributed by atoms with E-state index in [1.807, 2.05) is 48.5 Å². The van der Waals surface area contributed by atoms with E-state index in [-0.39, 0.29) is 6.10 Å². The van der Waals surface area contributed by atoms with Gasteiger partial charge >= 0.3 is 0 Å². The van der Waals surface area contributed by atoms with Crippen molar-refractivity contribution >= 4 is 0 Å². The van der Waals surface area contributed by atoms with Crippen LogP contribution in [-0.4, -0.2) is 55.6 Å². The summed E-state index contributed by atoms with van der Waals surface area (Å²) in [6.07, 6.45) is 1.88. The van der Waals surface area contributed by atoms with E-state index in [1.54, 1.807) is 7.11 Å². The summed E-state index contributed by atoms with van der Waals surface area (Å²) < 4.78 is 16.9. The predicted octanol–water partition coefficient (Wildman–Crippen LogP) is 3.25. The molecule has 152 valence electrons. The van der Waals surface area contributed by atoms with Crippen molar-refractivity contribution < 1.29 is 19.3 Å². The van der Waals surface area contributed by atoms with Crippen LogP contribution < -0.4 is 4.74 Å². The van der Waals surface area contributed by atoms with Crippen molar-refractivity contribution in [1.82, 2.24) is 4.90 Å². The Hall–Kier alpha value is -1.92. The van der Waals surface area contributed by atoms with E-state index in [0.717, 1.165) is 49.4 Å². The van der Waals surface area contributed by atoms with E-state index in [2.05, 4.69) is 11.0 Å². The molecule has 0 saturated carbocycles. The monoisotopic (exact) mass is 385 g/mol. The fourth-order valence-electron chi connectivity index (χ4n) is 3.55. The van der Waals surface area contributed by atoms with Crippen molar-refractivity contribution in [2.45, 2.75) is 38.2 Å². The number of hydrogen-bond acceptors (Lipinski definition) is 5. The molecule has 0 aromatic heterocycles. The first kappa shape index (κ1) is 20.8. The third-order valence-electron chi connectivity index (χ3n) is 4.92. The average Bonchev–Trinajstić information content (AvgIpc) is 3.22. The molecule has 0 radical (unpaired) electrons. The van der Waals surface area contributed by atoms with Gasteiger partial charge in [0.25, 0.3) is 0 Å². The summed E-state index contributed by atoms with van der Waals surface area (Å²) in [6, 6.07) is 18.1. The van der Waals surface area contributed by atoms with Crippen LogP contribution in [0.1, 0.15) is 24.0 Å². The second-order valence-electron chi connectivity index (χ2n) is 7.34. The number of nitrogens with zero attached hydrogens (tertiary/aromatic N) is 1. The Bertz CT molecular complexity index is 688. The Kier molecular flexibility index (Phi) is 8.30. The molecule has 5 nitrogen and oxygen atoms in total. The van der Waals surface area contributed by atoms with Crippen molar-refractivity contribution in [2.75, 3.05) is 33.4 Å². The van der Waals surface area contributed by atoms with Gasteiger partial charge in [0.2, 0.25) is 0 Å². The summed E-state index contributed by atoms with van der Waals surface area (Å²) >= 11 is 0. The number of rotatable bonds is 11. The molecule has 1 N–H and O–H groups in total. The normalized spacial score (nSPS) is 17.8. The molecule has 0 unspecified atom stereocenters. The van der Waals surface area contributed by atoms with Gasteiger partial charge in [0, 0.05) is 26.2 Å². The first-order valence-corrected chi connectivity index (χ1v) is 9.99.